The molecule has 0 fully saturated rings. The van der Waals surface area contributed by atoms with Crippen molar-refractivity contribution in [3.63, 3.8) is 0 Å². The molecule has 5 rings (SSSR count). The van der Waals surface area contributed by atoms with Gasteiger partial charge in [0.05, 0.1) is 29.0 Å². The third kappa shape index (κ3) is 2.57. The number of fused-ring (bicyclic) bond motifs is 5. The molecule has 1 atom stereocenters. The smallest absolute Gasteiger partial charge is 0.344 e. The fraction of sp³-hybridized carbons (Fsp3) is 0.250. The van der Waals surface area contributed by atoms with Crippen LogP contribution in [0.15, 0.2) is 41.2 Å². The van der Waals surface area contributed by atoms with E-state index in [2.05, 4.69) is 0 Å². The first-order valence-electron chi connectivity index (χ1n) is 9.15. The van der Waals surface area contributed by atoms with Gasteiger partial charge in [-0.2, -0.15) is 0 Å². The Morgan fingerprint density at radius 1 is 1.28 bits per heavy atom. The van der Waals surface area contributed by atoms with Gasteiger partial charge in [-0.25, -0.2) is 9.78 Å². The van der Waals surface area contributed by atoms with Gasteiger partial charge in [-0.3, -0.25) is 9.32 Å². The summed E-state index contributed by atoms with van der Waals surface area (Å²) >= 11 is 0. The van der Waals surface area contributed by atoms with E-state index in [-0.39, 0.29) is 24.2 Å². The van der Waals surface area contributed by atoms with E-state index < -0.39 is 20.2 Å². The Labute approximate surface area is 166 Å². The highest BCUT2D eigenvalue weighted by molar-refractivity contribution is 7.39. The Morgan fingerprint density at radius 2 is 2.07 bits per heavy atom. The highest BCUT2D eigenvalue weighted by atomic mass is 31.2. The van der Waals surface area contributed by atoms with Crippen LogP contribution in [0.4, 0.5) is 0 Å². The first kappa shape index (κ1) is 18.4. The average Bonchev–Trinajstić information content (AvgIpc) is 3.06. The van der Waals surface area contributed by atoms with Gasteiger partial charge in [0.15, 0.2) is 5.60 Å². The zero-order valence-corrected chi connectivity index (χ0v) is 16.3. The number of hydrogen-bond donors (Lipinski definition) is 2. The zero-order chi connectivity index (χ0) is 20.3. The van der Waals surface area contributed by atoms with Crippen LogP contribution in [0.1, 0.15) is 30.0 Å². The first-order chi connectivity index (χ1) is 13.9. The van der Waals surface area contributed by atoms with Crippen LogP contribution < -0.4 is 5.56 Å². The van der Waals surface area contributed by atoms with Crippen molar-refractivity contribution in [2.75, 3.05) is 0 Å². The van der Waals surface area contributed by atoms with Crippen molar-refractivity contribution in [1.29, 1.82) is 0 Å². The number of esters is 1. The molecule has 3 aromatic rings. The second kappa shape index (κ2) is 6.43. The van der Waals surface area contributed by atoms with Crippen molar-refractivity contribution < 1.29 is 23.8 Å². The molecule has 9 heteroatoms. The monoisotopic (exact) mass is 412 g/mol. The number of cyclic esters (lactones) is 1. The molecule has 2 aromatic heterocycles. The summed E-state index contributed by atoms with van der Waals surface area (Å²) in [7, 11) is -2.85. The molecule has 0 saturated heterocycles. The third-order valence-electron chi connectivity index (χ3n) is 5.62. The minimum Gasteiger partial charge on any atom is -0.458 e. The largest absolute Gasteiger partial charge is 0.458 e. The number of pyridine rings is 2. The van der Waals surface area contributed by atoms with E-state index in [1.807, 2.05) is 30.3 Å². The van der Waals surface area contributed by atoms with Crippen molar-refractivity contribution in [1.82, 2.24) is 9.55 Å². The lowest BCUT2D eigenvalue weighted by molar-refractivity contribution is -0.169. The minimum absolute atomic E-state index is 0.0830. The second-order valence-corrected chi connectivity index (χ2v) is 7.79. The molecule has 0 unspecified atom stereocenters. The molecule has 0 amide bonds. The molecule has 0 saturated carbocycles. The standard InChI is InChI=1S/C20H17N2O6P/c1-2-20(28-29(25)26)14-8-16-17-12(7-11-5-3-4-6-15(11)21-17)9-22(16)18(23)13(14)10-27-19(20)24/h3-8,25-26H,2,9-10H2,1H3/t20-/m0/s1. The van der Waals surface area contributed by atoms with Crippen molar-refractivity contribution in [3.05, 3.63) is 63.4 Å². The Balaban J connectivity index is 1.78. The van der Waals surface area contributed by atoms with E-state index in [4.69, 9.17) is 14.2 Å². The number of ether oxygens (including phenoxy) is 1. The molecular formula is C20H17N2O6P. The number of para-hydroxylation sites is 1. The molecule has 2 aliphatic rings. The van der Waals surface area contributed by atoms with Crippen LogP contribution >= 0.6 is 8.60 Å². The highest BCUT2D eigenvalue weighted by Gasteiger charge is 2.49. The van der Waals surface area contributed by atoms with Gasteiger partial charge in [0, 0.05) is 16.5 Å². The molecule has 2 N–H and O–H groups in total. The summed E-state index contributed by atoms with van der Waals surface area (Å²) in [5.41, 5.74) is 1.51. The lowest BCUT2D eigenvalue weighted by Gasteiger charge is -2.35. The lowest BCUT2D eigenvalue weighted by Crippen LogP contribution is -2.45. The molecular weight excluding hydrogens is 395 g/mol. The van der Waals surface area contributed by atoms with Crippen LogP contribution in [0.3, 0.4) is 0 Å². The molecule has 0 spiro atoms. The summed E-state index contributed by atoms with van der Waals surface area (Å²) in [5, 5.41) is 0.979. The van der Waals surface area contributed by atoms with Gasteiger partial charge < -0.3 is 19.1 Å². The van der Waals surface area contributed by atoms with Gasteiger partial charge in [0.25, 0.3) is 5.56 Å². The summed E-state index contributed by atoms with van der Waals surface area (Å²) in [4.78, 5) is 49.5. The summed E-state index contributed by atoms with van der Waals surface area (Å²) in [5.74, 6) is -0.739. The Bertz CT molecular complexity index is 1240. The summed E-state index contributed by atoms with van der Waals surface area (Å²) in [6.45, 7) is 1.86. The van der Waals surface area contributed by atoms with Crippen LogP contribution in [0.5, 0.6) is 0 Å². The summed E-state index contributed by atoms with van der Waals surface area (Å²) in [6.07, 6.45) is 0.0830. The van der Waals surface area contributed by atoms with Crippen molar-refractivity contribution >= 4 is 25.5 Å². The fourth-order valence-corrected chi connectivity index (χ4v) is 4.78. The maximum Gasteiger partial charge on any atom is 0.344 e. The van der Waals surface area contributed by atoms with Gasteiger partial charge in [-0.05, 0) is 24.6 Å². The number of carbonyl (C=O) groups excluding carboxylic acids is 1. The van der Waals surface area contributed by atoms with Crippen molar-refractivity contribution in [3.8, 4) is 11.4 Å². The molecule has 0 aliphatic carbocycles. The number of rotatable bonds is 3. The predicted octanol–water partition coefficient (Wildman–Crippen LogP) is 2.32. The van der Waals surface area contributed by atoms with Gasteiger partial charge in [0.2, 0.25) is 0 Å². The van der Waals surface area contributed by atoms with Crippen molar-refractivity contribution in [2.24, 2.45) is 0 Å². The highest BCUT2D eigenvalue weighted by Crippen LogP contribution is 2.46. The molecule has 2 aliphatic heterocycles. The number of aromatic nitrogens is 2. The predicted molar refractivity (Wildman–Crippen MR) is 105 cm³/mol. The first-order valence-corrected chi connectivity index (χ1v) is 10.3. The van der Waals surface area contributed by atoms with Gasteiger partial charge >= 0.3 is 14.6 Å². The van der Waals surface area contributed by atoms with E-state index in [0.717, 1.165) is 16.5 Å². The Morgan fingerprint density at radius 3 is 2.83 bits per heavy atom. The molecule has 0 bridgehead atoms. The van der Waals surface area contributed by atoms with Crippen molar-refractivity contribution in [2.45, 2.75) is 32.1 Å². The number of hydrogen-bond acceptors (Lipinski definition) is 7. The molecule has 8 nitrogen and oxygen atoms in total. The summed E-state index contributed by atoms with van der Waals surface area (Å²) in [6, 6.07) is 11.4. The normalized spacial score (nSPS) is 19.8. The van der Waals surface area contributed by atoms with Crippen LogP contribution in [-0.2, 0) is 32.8 Å². The zero-order valence-electron chi connectivity index (χ0n) is 15.5. The van der Waals surface area contributed by atoms with Gasteiger partial charge in [0.1, 0.15) is 6.61 Å². The Hall–Kier alpha value is -2.64. The van der Waals surface area contributed by atoms with Gasteiger partial charge in [-0.15, -0.1) is 0 Å². The lowest BCUT2D eigenvalue weighted by atomic mass is 9.86. The van der Waals surface area contributed by atoms with E-state index in [0.29, 0.717) is 23.5 Å². The number of benzene rings is 1. The molecule has 4 heterocycles. The number of nitrogens with zero attached hydrogens (tertiary/aromatic N) is 2. The van der Waals surface area contributed by atoms with Crippen LogP contribution in [-0.4, -0.2) is 25.3 Å². The van der Waals surface area contributed by atoms with Crippen LogP contribution in [0.25, 0.3) is 22.3 Å². The second-order valence-electron chi connectivity index (χ2n) is 7.10. The quantitative estimate of drug-likeness (QED) is 0.392. The fourth-order valence-electron chi connectivity index (χ4n) is 4.20. The van der Waals surface area contributed by atoms with Crippen LogP contribution in [0, 0.1) is 0 Å². The maximum atomic E-state index is 13.2. The van der Waals surface area contributed by atoms with E-state index >= 15 is 0 Å². The molecule has 1 aromatic carbocycles. The van der Waals surface area contributed by atoms with E-state index in [1.54, 1.807) is 17.6 Å². The third-order valence-corrected chi connectivity index (χ3v) is 6.10. The minimum atomic E-state index is -2.85. The van der Waals surface area contributed by atoms with Gasteiger partial charge in [-0.1, -0.05) is 25.1 Å². The molecule has 148 valence electrons. The molecule has 29 heavy (non-hydrogen) atoms. The number of carbonyl (C=O) groups is 1. The average molecular weight is 412 g/mol. The Kier molecular flexibility index (Phi) is 4.08. The van der Waals surface area contributed by atoms with E-state index in [1.165, 1.54) is 0 Å². The summed E-state index contributed by atoms with van der Waals surface area (Å²) < 4.78 is 12.1. The maximum absolute atomic E-state index is 13.2. The topological polar surface area (TPSA) is 111 Å². The SMILES string of the molecule is CC[C@@]1(OP(O)O)C(=O)OCc2c1cc1n(c2=O)Cc2cc3ccccc3nc2-1. The van der Waals surface area contributed by atoms with E-state index in [9.17, 15) is 19.4 Å². The van der Waals surface area contributed by atoms with Crippen LogP contribution in [0.2, 0.25) is 0 Å². The molecule has 0 radical (unpaired) electrons.